The quantitative estimate of drug-likeness (QED) is 0.679. The molecule has 29 heavy (non-hydrogen) atoms. The van der Waals surface area contributed by atoms with Crippen LogP contribution in [0.5, 0.6) is 0 Å². The Bertz CT molecular complexity index is 1040. The number of anilines is 2. The van der Waals surface area contributed by atoms with Gasteiger partial charge in [-0.05, 0) is 69.6 Å². The van der Waals surface area contributed by atoms with E-state index < -0.39 is 0 Å². The standard InChI is InChI=1S/C22H27N5OS/c1-14-15(2)29-21-19(14)20(24-18(25-21)13-27-11-5-6-12-27)23-17-9-7-16(8-10-17)22(28)26(3)4/h7-10H,5-6,11-13H2,1-4H3,(H,23,24,25). The molecule has 0 aliphatic carbocycles. The van der Waals surface area contributed by atoms with Crippen molar-refractivity contribution in [2.45, 2.75) is 33.2 Å². The van der Waals surface area contributed by atoms with Gasteiger partial charge in [-0.3, -0.25) is 9.69 Å². The molecule has 152 valence electrons. The third-order valence-corrected chi connectivity index (χ3v) is 6.54. The number of rotatable bonds is 5. The van der Waals surface area contributed by atoms with E-state index in [1.165, 1.54) is 23.3 Å². The zero-order chi connectivity index (χ0) is 20.5. The number of thiophene rings is 1. The number of benzene rings is 1. The molecule has 4 rings (SSSR count). The van der Waals surface area contributed by atoms with Gasteiger partial charge in [0.15, 0.2) is 0 Å². The van der Waals surface area contributed by atoms with Crippen LogP contribution >= 0.6 is 11.3 Å². The Morgan fingerprint density at radius 3 is 2.48 bits per heavy atom. The number of hydrogen-bond acceptors (Lipinski definition) is 6. The van der Waals surface area contributed by atoms with Gasteiger partial charge >= 0.3 is 0 Å². The van der Waals surface area contributed by atoms with Gasteiger partial charge in [0.1, 0.15) is 16.5 Å². The van der Waals surface area contributed by atoms with Crippen LogP contribution in [0, 0.1) is 13.8 Å². The molecule has 3 heterocycles. The lowest BCUT2D eigenvalue weighted by molar-refractivity contribution is 0.0827. The summed E-state index contributed by atoms with van der Waals surface area (Å²) in [4.78, 5) is 28.2. The van der Waals surface area contributed by atoms with Gasteiger partial charge in [-0.2, -0.15) is 0 Å². The van der Waals surface area contributed by atoms with Crippen LogP contribution in [0.2, 0.25) is 0 Å². The molecular weight excluding hydrogens is 382 g/mol. The molecule has 0 bridgehead atoms. The van der Waals surface area contributed by atoms with Crippen molar-refractivity contribution in [2.24, 2.45) is 0 Å². The van der Waals surface area contributed by atoms with Gasteiger partial charge in [0.2, 0.25) is 0 Å². The van der Waals surface area contributed by atoms with Crippen molar-refractivity contribution in [1.29, 1.82) is 0 Å². The summed E-state index contributed by atoms with van der Waals surface area (Å²) in [5, 5.41) is 4.56. The van der Waals surface area contributed by atoms with Crippen molar-refractivity contribution in [3.8, 4) is 0 Å². The Hall–Kier alpha value is -2.51. The van der Waals surface area contributed by atoms with Gasteiger partial charge < -0.3 is 10.2 Å². The number of amides is 1. The minimum absolute atomic E-state index is 0.00169. The van der Waals surface area contributed by atoms with Gasteiger partial charge in [-0.1, -0.05) is 0 Å². The molecule has 6 nitrogen and oxygen atoms in total. The average molecular weight is 410 g/mol. The Morgan fingerprint density at radius 2 is 1.83 bits per heavy atom. The molecule has 0 saturated carbocycles. The molecule has 1 N–H and O–H groups in total. The lowest BCUT2D eigenvalue weighted by atomic mass is 10.1. The van der Waals surface area contributed by atoms with Gasteiger partial charge in [0, 0.05) is 30.2 Å². The number of fused-ring (bicyclic) bond motifs is 1. The van der Waals surface area contributed by atoms with Gasteiger partial charge in [-0.15, -0.1) is 11.3 Å². The predicted octanol–water partition coefficient (Wildman–Crippen LogP) is 4.35. The van der Waals surface area contributed by atoms with E-state index in [2.05, 4.69) is 24.1 Å². The zero-order valence-electron chi connectivity index (χ0n) is 17.5. The van der Waals surface area contributed by atoms with Gasteiger partial charge in [0.05, 0.1) is 11.9 Å². The van der Waals surface area contributed by atoms with E-state index >= 15 is 0 Å². The van der Waals surface area contributed by atoms with Gasteiger partial charge in [-0.25, -0.2) is 9.97 Å². The fraction of sp³-hybridized carbons (Fsp3) is 0.409. The summed E-state index contributed by atoms with van der Waals surface area (Å²) in [6, 6.07) is 7.55. The third kappa shape index (κ3) is 4.11. The van der Waals surface area contributed by atoms with Crippen LogP contribution in [0.1, 0.15) is 39.5 Å². The van der Waals surface area contributed by atoms with E-state index in [-0.39, 0.29) is 5.91 Å². The van der Waals surface area contributed by atoms with Crippen molar-refractivity contribution < 1.29 is 4.79 Å². The van der Waals surface area contributed by atoms with Crippen LogP contribution in [-0.2, 0) is 6.54 Å². The third-order valence-electron chi connectivity index (χ3n) is 5.44. The maximum absolute atomic E-state index is 12.1. The smallest absolute Gasteiger partial charge is 0.253 e. The number of aryl methyl sites for hydroxylation is 2. The molecule has 2 aromatic heterocycles. The first-order valence-corrected chi connectivity index (χ1v) is 10.8. The van der Waals surface area contributed by atoms with Crippen LogP contribution in [-0.4, -0.2) is 52.9 Å². The molecule has 7 heteroatoms. The molecule has 0 unspecified atom stereocenters. The number of likely N-dealkylation sites (tertiary alicyclic amines) is 1. The average Bonchev–Trinajstić information content (AvgIpc) is 3.30. The molecule has 1 aliphatic rings. The van der Waals surface area contributed by atoms with Crippen molar-refractivity contribution >= 4 is 39.0 Å². The fourth-order valence-electron chi connectivity index (χ4n) is 3.69. The number of nitrogens with one attached hydrogen (secondary N) is 1. The highest BCUT2D eigenvalue weighted by Crippen LogP contribution is 2.34. The summed E-state index contributed by atoms with van der Waals surface area (Å²) in [5.41, 5.74) is 2.81. The van der Waals surface area contributed by atoms with Crippen LogP contribution in [0.4, 0.5) is 11.5 Å². The van der Waals surface area contributed by atoms with Gasteiger partial charge in [0.25, 0.3) is 5.91 Å². The number of hydrogen-bond donors (Lipinski definition) is 1. The second-order valence-corrected chi connectivity index (χ2v) is 9.04. The molecule has 0 radical (unpaired) electrons. The summed E-state index contributed by atoms with van der Waals surface area (Å²) in [5.74, 6) is 1.71. The lowest BCUT2D eigenvalue weighted by Crippen LogP contribution is -2.21. The molecule has 1 aliphatic heterocycles. The van der Waals surface area contributed by atoms with E-state index in [0.29, 0.717) is 5.56 Å². The van der Waals surface area contributed by atoms with Crippen LogP contribution in [0.15, 0.2) is 24.3 Å². The molecule has 1 saturated heterocycles. The number of carbonyl (C=O) groups excluding carboxylic acids is 1. The highest BCUT2D eigenvalue weighted by atomic mass is 32.1. The summed E-state index contributed by atoms with van der Waals surface area (Å²) in [6.45, 7) is 7.29. The van der Waals surface area contributed by atoms with E-state index in [1.807, 2.05) is 24.3 Å². The van der Waals surface area contributed by atoms with Crippen LogP contribution in [0.3, 0.4) is 0 Å². The molecule has 1 fully saturated rings. The SMILES string of the molecule is Cc1sc2nc(CN3CCCC3)nc(Nc3ccc(C(=O)N(C)C)cc3)c2c1C. The normalized spacial score (nSPS) is 14.5. The first-order chi connectivity index (χ1) is 13.9. The van der Waals surface area contributed by atoms with E-state index in [0.717, 1.165) is 47.2 Å². The summed E-state index contributed by atoms with van der Waals surface area (Å²) in [6.07, 6.45) is 2.51. The number of aromatic nitrogens is 2. The zero-order valence-corrected chi connectivity index (χ0v) is 18.3. The number of carbonyl (C=O) groups is 1. The summed E-state index contributed by atoms with van der Waals surface area (Å²) < 4.78 is 0. The Labute approximate surface area is 175 Å². The Kier molecular flexibility index (Phi) is 5.52. The first kappa shape index (κ1) is 19.8. The largest absolute Gasteiger partial charge is 0.345 e. The predicted molar refractivity (Wildman–Crippen MR) is 119 cm³/mol. The molecule has 0 atom stereocenters. The summed E-state index contributed by atoms with van der Waals surface area (Å²) >= 11 is 1.73. The molecule has 1 amide bonds. The van der Waals surface area contributed by atoms with Crippen molar-refractivity contribution in [2.75, 3.05) is 32.5 Å². The summed E-state index contributed by atoms with van der Waals surface area (Å²) in [7, 11) is 3.52. The molecular formula is C22H27N5OS. The number of nitrogens with zero attached hydrogens (tertiary/aromatic N) is 4. The minimum atomic E-state index is -0.00169. The van der Waals surface area contributed by atoms with Crippen molar-refractivity contribution in [3.05, 3.63) is 46.1 Å². The first-order valence-electron chi connectivity index (χ1n) is 10.00. The Morgan fingerprint density at radius 1 is 1.14 bits per heavy atom. The second kappa shape index (κ2) is 8.08. The van der Waals surface area contributed by atoms with E-state index in [1.54, 1.807) is 30.3 Å². The van der Waals surface area contributed by atoms with E-state index in [4.69, 9.17) is 9.97 Å². The lowest BCUT2D eigenvalue weighted by Gasteiger charge is -2.15. The maximum atomic E-state index is 12.1. The fourth-order valence-corrected chi connectivity index (χ4v) is 4.73. The molecule has 3 aromatic rings. The monoisotopic (exact) mass is 409 g/mol. The minimum Gasteiger partial charge on any atom is -0.345 e. The topological polar surface area (TPSA) is 61.4 Å². The Balaban J connectivity index is 1.66. The highest BCUT2D eigenvalue weighted by Gasteiger charge is 2.18. The van der Waals surface area contributed by atoms with Crippen molar-refractivity contribution in [3.63, 3.8) is 0 Å². The van der Waals surface area contributed by atoms with E-state index in [9.17, 15) is 4.79 Å². The highest BCUT2D eigenvalue weighted by molar-refractivity contribution is 7.18. The van der Waals surface area contributed by atoms with Crippen LogP contribution in [0.25, 0.3) is 10.2 Å². The van der Waals surface area contributed by atoms with Crippen molar-refractivity contribution in [1.82, 2.24) is 19.8 Å². The van der Waals surface area contributed by atoms with Crippen LogP contribution < -0.4 is 5.32 Å². The second-order valence-electron chi connectivity index (χ2n) is 7.84. The maximum Gasteiger partial charge on any atom is 0.253 e. The molecule has 0 spiro atoms. The molecule has 1 aromatic carbocycles.